The number of nitrogens with zero attached hydrogens (tertiary/aromatic N) is 3. The number of hydrogen-bond donors (Lipinski definition) is 0. The van der Waals surface area contributed by atoms with Crippen LogP contribution in [0.25, 0.3) is 0 Å². The topological polar surface area (TPSA) is 55.2 Å². The van der Waals surface area contributed by atoms with Gasteiger partial charge in [-0.1, -0.05) is 12.1 Å². The lowest BCUT2D eigenvalue weighted by molar-refractivity contribution is 0.380. The van der Waals surface area contributed by atoms with E-state index in [9.17, 15) is 8.42 Å². The van der Waals surface area contributed by atoms with E-state index in [1.54, 1.807) is 24.5 Å². The van der Waals surface area contributed by atoms with E-state index >= 15 is 0 Å². The first-order chi connectivity index (χ1) is 9.48. The summed E-state index contributed by atoms with van der Waals surface area (Å²) < 4.78 is 28.8. The molecule has 2 heterocycles. The number of rotatable bonds is 2. The Morgan fingerprint density at radius 1 is 1.30 bits per heavy atom. The van der Waals surface area contributed by atoms with Crippen molar-refractivity contribution in [1.82, 2.24) is 13.9 Å². The minimum atomic E-state index is -3.43. The van der Waals surface area contributed by atoms with Gasteiger partial charge in [-0.15, -0.1) is 0 Å². The highest BCUT2D eigenvalue weighted by Crippen LogP contribution is 2.24. The molecular formula is C14H17N3O2S. The van der Waals surface area contributed by atoms with Gasteiger partial charge in [0.2, 0.25) is 10.0 Å². The Morgan fingerprint density at radius 3 is 2.85 bits per heavy atom. The summed E-state index contributed by atoms with van der Waals surface area (Å²) in [7, 11) is -1.53. The van der Waals surface area contributed by atoms with Crippen molar-refractivity contribution < 1.29 is 8.42 Å². The molecule has 0 atom stereocenters. The second-order valence-corrected chi connectivity index (χ2v) is 7.09. The number of aryl methyl sites for hydroxylation is 2. The summed E-state index contributed by atoms with van der Waals surface area (Å²) in [6.07, 6.45) is 2.41. The molecule has 1 aromatic carbocycles. The van der Waals surface area contributed by atoms with E-state index < -0.39 is 10.0 Å². The molecule has 1 aliphatic heterocycles. The molecule has 0 radical (unpaired) electrons. The number of imidazole rings is 1. The summed E-state index contributed by atoms with van der Waals surface area (Å²) in [5.74, 6) is 0. The van der Waals surface area contributed by atoms with Gasteiger partial charge >= 0.3 is 0 Å². The van der Waals surface area contributed by atoms with Gasteiger partial charge in [-0.2, -0.15) is 4.31 Å². The SMILES string of the molecule is Cc1cccc(S(=O)(=O)N2CCc3ncn(C)c3C2)c1. The van der Waals surface area contributed by atoms with Crippen LogP contribution in [-0.4, -0.2) is 28.8 Å². The van der Waals surface area contributed by atoms with Crippen molar-refractivity contribution in [3.05, 3.63) is 47.5 Å². The highest BCUT2D eigenvalue weighted by atomic mass is 32.2. The number of benzene rings is 1. The zero-order chi connectivity index (χ0) is 14.3. The highest BCUT2D eigenvalue weighted by Gasteiger charge is 2.30. The molecule has 1 aromatic heterocycles. The van der Waals surface area contributed by atoms with Gasteiger partial charge in [0, 0.05) is 20.0 Å². The van der Waals surface area contributed by atoms with Crippen molar-refractivity contribution >= 4 is 10.0 Å². The molecule has 20 heavy (non-hydrogen) atoms. The number of aromatic nitrogens is 2. The van der Waals surface area contributed by atoms with E-state index in [-0.39, 0.29) is 0 Å². The minimum Gasteiger partial charge on any atom is -0.336 e. The second kappa shape index (κ2) is 4.71. The molecule has 0 aliphatic carbocycles. The first-order valence-corrected chi connectivity index (χ1v) is 7.98. The van der Waals surface area contributed by atoms with Crippen LogP contribution in [0.3, 0.4) is 0 Å². The molecule has 0 saturated carbocycles. The van der Waals surface area contributed by atoms with Crippen LogP contribution in [-0.2, 0) is 30.0 Å². The van der Waals surface area contributed by atoms with Crippen molar-refractivity contribution in [3.8, 4) is 0 Å². The standard InChI is InChI=1S/C14H17N3O2S/c1-11-4-3-5-12(8-11)20(18,19)17-7-6-13-14(9-17)16(2)10-15-13/h3-5,8,10H,6-7,9H2,1-2H3. The van der Waals surface area contributed by atoms with Gasteiger partial charge in [0.05, 0.1) is 29.2 Å². The van der Waals surface area contributed by atoms with Gasteiger partial charge in [-0.25, -0.2) is 13.4 Å². The van der Waals surface area contributed by atoms with Crippen LogP contribution in [0.15, 0.2) is 35.5 Å². The lowest BCUT2D eigenvalue weighted by Gasteiger charge is -2.26. The predicted octanol–water partition coefficient (Wildman–Crippen LogP) is 1.48. The largest absolute Gasteiger partial charge is 0.336 e. The number of hydrogen-bond acceptors (Lipinski definition) is 3. The van der Waals surface area contributed by atoms with Gasteiger partial charge in [-0.05, 0) is 24.6 Å². The number of sulfonamides is 1. The minimum absolute atomic E-state index is 0.364. The van der Waals surface area contributed by atoms with Crippen molar-refractivity contribution in [1.29, 1.82) is 0 Å². The molecule has 0 spiro atoms. The molecule has 3 rings (SSSR count). The third kappa shape index (κ3) is 2.14. The molecule has 0 unspecified atom stereocenters. The molecule has 0 amide bonds. The van der Waals surface area contributed by atoms with Crippen molar-refractivity contribution in [3.63, 3.8) is 0 Å². The zero-order valence-electron chi connectivity index (χ0n) is 11.6. The van der Waals surface area contributed by atoms with Crippen LogP contribution in [0.5, 0.6) is 0 Å². The summed E-state index contributed by atoms with van der Waals surface area (Å²) in [6, 6.07) is 7.05. The van der Waals surface area contributed by atoms with Crippen LogP contribution >= 0.6 is 0 Å². The van der Waals surface area contributed by atoms with Crippen LogP contribution < -0.4 is 0 Å². The molecule has 0 N–H and O–H groups in total. The smallest absolute Gasteiger partial charge is 0.243 e. The Balaban J connectivity index is 1.96. The molecule has 0 fully saturated rings. The average Bonchev–Trinajstić information content (AvgIpc) is 2.80. The molecule has 1 aliphatic rings. The van der Waals surface area contributed by atoms with Crippen molar-refractivity contribution in [2.24, 2.45) is 7.05 Å². The number of fused-ring (bicyclic) bond motifs is 1. The van der Waals surface area contributed by atoms with Crippen molar-refractivity contribution in [2.45, 2.75) is 24.8 Å². The van der Waals surface area contributed by atoms with Gasteiger partial charge in [0.25, 0.3) is 0 Å². The van der Waals surface area contributed by atoms with Crippen molar-refractivity contribution in [2.75, 3.05) is 6.54 Å². The van der Waals surface area contributed by atoms with Crippen LogP contribution in [0, 0.1) is 6.92 Å². The van der Waals surface area contributed by atoms with E-state index in [1.165, 1.54) is 4.31 Å². The molecule has 0 saturated heterocycles. The first-order valence-electron chi connectivity index (χ1n) is 6.54. The van der Waals surface area contributed by atoms with Crippen LogP contribution in [0.4, 0.5) is 0 Å². The summed E-state index contributed by atoms with van der Waals surface area (Å²) in [6.45, 7) is 2.77. The summed E-state index contributed by atoms with van der Waals surface area (Å²) in [4.78, 5) is 4.67. The van der Waals surface area contributed by atoms with Gasteiger partial charge in [-0.3, -0.25) is 0 Å². The Hall–Kier alpha value is -1.66. The highest BCUT2D eigenvalue weighted by molar-refractivity contribution is 7.89. The zero-order valence-corrected chi connectivity index (χ0v) is 12.4. The molecular weight excluding hydrogens is 274 g/mol. The lowest BCUT2D eigenvalue weighted by atomic mass is 10.2. The van der Waals surface area contributed by atoms with Gasteiger partial charge in [0.15, 0.2) is 0 Å². The van der Waals surface area contributed by atoms with Crippen LogP contribution in [0.1, 0.15) is 17.0 Å². The van der Waals surface area contributed by atoms with E-state index in [2.05, 4.69) is 4.98 Å². The predicted molar refractivity (Wildman–Crippen MR) is 75.7 cm³/mol. The average molecular weight is 291 g/mol. The van der Waals surface area contributed by atoms with E-state index in [4.69, 9.17) is 0 Å². The normalized spacial score (nSPS) is 16.1. The molecule has 106 valence electrons. The Kier molecular flexibility index (Phi) is 3.14. The lowest BCUT2D eigenvalue weighted by Crippen LogP contribution is -2.36. The maximum Gasteiger partial charge on any atom is 0.243 e. The Labute approximate surface area is 118 Å². The molecule has 5 nitrogen and oxygen atoms in total. The fourth-order valence-corrected chi connectivity index (χ4v) is 4.03. The quantitative estimate of drug-likeness (QED) is 0.842. The maximum absolute atomic E-state index is 12.7. The van der Waals surface area contributed by atoms with Crippen LogP contribution in [0.2, 0.25) is 0 Å². The third-order valence-electron chi connectivity index (χ3n) is 3.70. The monoisotopic (exact) mass is 291 g/mol. The Bertz CT molecular complexity index is 750. The molecule has 0 bridgehead atoms. The molecule has 2 aromatic rings. The first kappa shape index (κ1) is 13.3. The fraction of sp³-hybridized carbons (Fsp3) is 0.357. The third-order valence-corrected chi connectivity index (χ3v) is 5.54. The van der Waals surface area contributed by atoms with E-state index in [0.717, 1.165) is 17.0 Å². The fourth-order valence-electron chi connectivity index (χ4n) is 2.52. The van der Waals surface area contributed by atoms with Gasteiger partial charge in [0.1, 0.15) is 0 Å². The Morgan fingerprint density at radius 2 is 2.10 bits per heavy atom. The van der Waals surface area contributed by atoms with E-state index in [0.29, 0.717) is 24.4 Å². The summed E-state index contributed by atoms with van der Waals surface area (Å²) >= 11 is 0. The maximum atomic E-state index is 12.7. The second-order valence-electron chi connectivity index (χ2n) is 5.15. The summed E-state index contributed by atoms with van der Waals surface area (Å²) in [5.41, 5.74) is 2.93. The summed E-state index contributed by atoms with van der Waals surface area (Å²) in [5, 5.41) is 0. The molecule has 6 heteroatoms. The van der Waals surface area contributed by atoms with E-state index in [1.807, 2.05) is 24.6 Å². The van der Waals surface area contributed by atoms with Gasteiger partial charge < -0.3 is 4.57 Å².